The maximum atomic E-state index is 14.2. The lowest BCUT2D eigenvalue weighted by molar-refractivity contribution is 0.562. The molecule has 0 atom stereocenters. The highest BCUT2D eigenvalue weighted by Gasteiger charge is 2.23. The molecule has 9 heteroatoms. The summed E-state index contributed by atoms with van der Waals surface area (Å²) in [7, 11) is 0. The molecule has 31 heavy (non-hydrogen) atoms. The summed E-state index contributed by atoms with van der Waals surface area (Å²) in [4.78, 5) is 26.5. The van der Waals surface area contributed by atoms with Crippen molar-refractivity contribution in [2.45, 2.75) is 26.8 Å². The lowest BCUT2D eigenvalue weighted by atomic mass is 10.00. The van der Waals surface area contributed by atoms with Gasteiger partial charge in [-0.25, -0.2) is 14.4 Å². The third-order valence-electron chi connectivity index (χ3n) is 5.72. The molecule has 4 aromatic rings. The molecule has 0 saturated heterocycles. The monoisotopic (exact) mass is 420 g/mol. The molecule has 0 fully saturated rings. The molecular formula is C22H18F2N6O. The van der Waals surface area contributed by atoms with E-state index in [0.717, 1.165) is 34.6 Å². The van der Waals surface area contributed by atoms with Gasteiger partial charge >= 0.3 is 0 Å². The van der Waals surface area contributed by atoms with Crippen molar-refractivity contribution in [1.82, 2.24) is 24.6 Å². The van der Waals surface area contributed by atoms with Crippen molar-refractivity contribution < 1.29 is 8.78 Å². The van der Waals surface area contributed by atoms with E-state index in [-0.39, 0.29) is 11.1 Å². The normalized spacial score (nSPS) is 13.5. The van der Waals surface area contributed by atoms with Crippen LogP contribution in [-0.4, -0.2) is 31.1 Å². The molecule has 1 aliphatic rings. The molecule has 0 radical (unpaired) electrons. The Morgan fingerprint density at radius 1 is 1.03 bits per heavy atom. The highest BCUT2D eigenvalue weighted by molar-refractivity contribution is 5.65. The Bertz CT molecular complexity index is 1400. The number of aryl methyl sites for hydroxylation is 1. The Balaban J connectivity index is 1.57. The largest absolute Gasteiger partial charge is 0.350 e. The summed E-state index contributed by atoms with van der Waals surface area (Å²) in [5.41, 5.74) is 4.52. The zero-order chi connectivity index (χ0) is 21.7. The molecule has 5 rings (SSSR count). The van der Waals surface area contributed by atoms with E-state index in [1.54, 1.807) is 6.20 Å². The van der Waals surface area contributed by atoms with Crippen molar-refractivity contribution in [2.24, 2.45) is 0 Å². The molecule has 0 unspecified atom stereocenters. The molecule has 1 aliphatic heterocycles. The highest BCUT2D eigenvalue weighted by Crippen LogP contribution is 2.30. The summed E-state index contributed by atoms with van der Waals surface area (Å²) < 4.78 is 29.1. The Morgan fingerprint density at radius 3 is 2.71 bits per heavy atom. The van der Waals surface area contributed by atoms with Crippen LogP contribution in [0.15, 0.2) is 41.6 Å². The van der Waals surface area contributed by atoms with Gasteiger partial charge in [0.05, 0.1) is 6.20 Å². The number of rotatable bonds is 2. The fourth-order valence-corrected chi connectivity index (χ4v) is 3.95. The highest BCUT2D eigenvalue weighted by atomic mass is 19.1. The number of hydrogen-bond donors (Lipinski definition) is 0. The van der Waals surface area contributed by atoms with Crippen LogP contribution in [0.3, 0.4) is 0 Å². The number of aromatic nitrogens is 5. The van der Waals surface area contributed by atoms with Gasteiger partial charge in [-0.05, 0) is 25.5 Å². The number of halogens is 2. The molecule has 0 bridgehead atoms. The van der Waals surface area contributed by atoms with E-state index in [9.17, 15) is 13.6 Å². The lowest BCUT2D eigenvalue weighted by Crippen LogP contribution is -2.33. The Hall–Kier alpha value is -3.75. The average Bonchev–Trinajstić information content (AvgIpc) is 2.77. The Kier molecular flexibility index (Phi) is 4.46. The summed E-state index contributed by atoms with van der Waals surface area (Å²) >= 11 is 0. The zero-order valence-corrected chi connectivity index (χ0v) is 16.9. The van der Waals surface area contributed by atoms with Gasteiger partial charge in [-0.3, -0.25) is 9.78 Å². The van der Waals surface area contributed by atoms with Gasteiger partial charge < -0.3 is 4.90 Å². The maximum absolute atomic E-state index is 14.2. The number of hydrogen-bond acceptors (Lipinski definition) is 6. The minimum Gasteiger partial charge on any atom is -0.350 e. The average molecular weight is 420 g/mol. The summed E-state index contributed by atoms with van der Waals surface area (Å²) in [6.07, 6.45) is 4.58. The van der Waals surface area contributed by atoms with Gasteiger partial charge in [0.25, 0.3) is 5.56 Å². The van der Waals surface area contributed by atoms with E-state index in [1.165, 1.54) is 16.8 Å². The summed E-state index contributed by atoms with van der Waals surface area (Å²) in [5, 5.41) is 4.57. The predicted molar refractivity (Wildman–Crippen MR) is 111 cm³/mol. The van der Waals surface area contributed by atoms with E-state index >= 15 is 0 Å². The maximum Gasteiger partial charge on any atom is 0.274 e. The van der Waals surface area contributed by atoms with Gasteiger partial charge in [0.2, 0.25) is 5.95 Å². The first-order chi connectivity index (χ1) is 14.9. The van der Waals surface area contributed by atoms with Gasteiger partial charge in [0.15, 0.2) is 11.5 Å². The van der Waals surface area contributed by atoms with Crippen LogP contribution in [-0.2, 0) is 13.0 Å². The first kappa shape index (κ1) is 19.2. The molecule has 7 nitrogen and oxygen atoms in total. The van der Waals surface area contributed by atoms with Gasteiger partial charge in [-0.1, -0.05) is 0 Å². The smallest absolute Gasteiger partial charge is 0.274 e. The van der Waals surface area contributed by atoms with E-state index in [4.69, 9.17) is 0 Å². The quantitative estimate of drug-likeness (QED) is 0.464. The molecule has 5 heterocycles. The van der Waals surface area contributed by atoms with Crippen LogP contribution in [0, 0.1) is 25.6 Å². The second-order valence-electron chi connectivity index (χ2n) is 7.58. The third kappa shape index (κ3) is 3.22. The molecule has 4 aromatic heterocycles. The van der Waals surface area contributed by atoms with E-state index in [2.05, 4.69) is 25.0 Å². The lowest BCUT2D eigenvalue weighted by Gasteiger charge is -2.31. The van der Waals surface area contributed by atoms with Crippen molar-refractivity contribution >= 4 is 11.5 Å². The number of pyridine rings is 2. The second-order valence-corrected chi connectivity index (χ2v) is 7.58. The van der Waals surface area contributed by atoms with Gasteiger partial charge in [0.1, 0.15) is 5.82 Å². The second kappa shape index (κ2) is 7.19. The number of fused-ring (bicyclic) bond motifs is 2. The molecule has 0 aliphatic carbocycles. The zero-order valence-electron chi connectivity index (χ0n) is 16.9. The molecule has 0 amide bonds. The predicted octanol–water partition coefficient (Wildman–Crippen LogP) is 3.00. The van der Waals surface area contributed by atoms with E-state index < -0.39 is 11.8 Å². The minimum atomic E-state index is -0.749. The van der Waals surface area contributed by atoms with Crippen LogP contribution in [0.1, 0.15) is 22.4 Å². The van der Waals surface area contributed by atoms with Crippen molar-refractivity contribution in [2.75, 3.05) is 11.4 Å². The van der Waals surface area contributed by atoms with Crippen LogP contribution >= 0.6 is 0 Å². The van der Waals surface area contributed by atoms with Gasteiger partial charge in [0, 0.05) is 72.0 Å². The molecule has 0 N–H and O–H groups in total. The number of nitrogens with zero attached hydrogens (tertiary/aromatic N) is 6. The third-order valence-corrected chi connectivity index (χ3v) is 5.72. The first-order valence-corrected chi connectivity index (χ1v) is 9.82. The van der Waals surface area contributed by atoms with Crippen molar-refractivity contribution in [3.8, 4) is 11.1 Å². The first-order valence-electron chi connectivity index (χ1n) is 9.82. The standard InChI is InChI=1S/C22H18F2N6O/c1-12-13(2)22(28-30-20(31)3-5-25-21(12)30)29-6-4-18-15(11-29)7-14(9-26-18)16-8-19(24)27-10-17(16)23/h3,5,7-10H,4,6,11H2,1-2H3. The van der Waals surface area contributed by atoms with Crippen LogP contribution in [0.5, 0.6) is 0 Å². The van der Waals surface area contributed by atoms with Crippen molar-refractivity contribution in [3.63, 3.8) is 0 Å². The summed E-state index contributed by atoms with van der Waals surface area (Å²) in [6.45, 7) is 5.03. The van der Waals surface area contributed by atoms with Crippen LogP contribution < -0.4 is 10.5 Å². The summed E-state index contributed by atoms with van der Waals surface area (Å²) in [6, 6.07) is 4.27. The van der Waals surface area contributed by atoms with Crippen LogP contribution in [0.2, 0.25) is 0 Å². The fraction of sp³-hybridized carbons (Fsp3) is 0.227. The molecule has 156 valence electrons. The fourth-order valence-electron chi connectivity index (χ4n) is 3.95. The Morgan fingerprint density at radius 2 is 1.87 bits per heavy atom. The van der Waals surface area contributed by atoms with Crippen molar-refractivity contribution in [1.29, 1.82) is 0 Å². The van der Waals surface area contributed by atoms with Crippen molar-refractivity contribution in [3.05, 3.63) is 81.3 Å². The topological polar surface area (TPSA) is 76.3 Å². The molecular weight excluding hydrogens is 402 g/mol. The van der Waals surface area contributed by atoms with Gasteiger partial charge in [-0.2, -0.15) is 8.91 Å². The summed E-state index contributed by atoms with van der Waals surface area (Å²) in [5.74, 6) is -0.663. The molecule has 0 spiro atoms. The Labute approximate surface area is 176 Å². The van der Waals surface area contributed by atoms with Crippen LogP contribution in [0.4, 0.5) is 14.6 Å². The van der Waals surface area contributed by atoms with E-state index in [1.807, 2.05) is 19.9 Å². The van der Waals surface area contributed by atoms with E-state index in [0.29, 0.717) is 36.5 Å². The van der Waals surface area contributed by atoms with Crippen LogP contribution in [0.25, 0.3) is 16.8 Å². The SMILES string of the molecule is Cc1c(N2CCc3ncc(-c4cc(F)ncc4F)cc3C2)nn2c(=O)ccnc2c1C. The van der Waals surface area contributed by atoms with Gasteiger partial charge in [-0.15, -0.1) is 5.10 Å². The molecule has 0 saturated carbocycles. The number of anilines is 1. The molecule has 0 aromatic carbocycles. The minimum absolute atomic E-state index is 0.119.